The molecule has 2 aromatic carbocycles. The van der Waals surface area contributed by atoms with E-state index in [0.29, 0.717) is 18.5 Å². The number of hydrogen-bond donors (Lipinski definition) is 1. The minimum absolute atomic E-state index is 0.0177. The number of benzene rings is 2. The molecule has 130 valence electrons. The number of carbonyl (C=O) groups is 1. The average Bonchev–Trinajstić information content (AvgIpc) is 3.49. The topological polar surface area (TPSA) is 41.6 Å². The van der Waals surface area contributed by atoms with Gasteiger partial charge in [0.05, 0.1) is 13.2 Å². The Morgan fingerprint density at radius 1 is 1.04 bits per heavy atom. The van der Waals surface area contributed by atoms with E-state index in [1.165, 1.54) is 12.0 Å². The van der Waals surface area contributed by atoms with Gasteiger partial charge in [-0.2, -0.15) is 0 Å². The maximum absolute atomic E-state index is 12.3. The Balaban J connectivity index is 1.32. The molecule has 4 heteroatoms. The van der Waals surface area contributed by atoms with Gasteiger partial charge in [0.1, 0.15) is 0 Å². The van der Waals surface area contributed by atoms with Crippen molar-refractivity contribution in [1.29, 1.82) is 0 Å². The summed E-state index contributed by atoms with van der Waals surface area (Å²) in [6.07, 6.45) is 1.22. The predicted molar refractivity (Wildman–Crippen MR) is 97.6 cm³/mol. The van der Waals surface area contributed by atoms with Crippen LogP contribution in [-0.4, -0.2) is 43.2 Å². The van der Waals surface area contributed by atoms with E-state index < -0.39 is 0 Å². The van der Waals surface area contributed by atoms with Crippen molar-refractivity contribution in [1.82, 2.24) is 10.2 Å². The fraction of sp³-hybridized carbons (Fsp3) is 0.381. The van der Waals surface area contributed by atoms with Crippen LogP contribution in [-0.2, 0) is 11.3 Å². The van der Waals surface area contributed by atoms with E-state index in [-0.39, 0.29) is 5.91 Å². The first-order chi connectivity index (χ1) is 12.3. The Morgan fingerprint density at radius 2 is 1.76 bits per heavy atom. The molecule has 25 heavy (non-hydrogen) atoms. The van der Waals surface area contributed by atoms with Gasteiger partial charge in [-0.1, -0.05) is 42.5 Å². The highest BCUT2D eigenvalue weighted by Crippen LogP contribution is 2.44. The molecule has 1 saturated heterocycles. The van der Waals surface area contributed by atoms with Crippen LogP contribution in [0.1, 0.15) is 33.8 Å². The van der Waals surface area contributed by atoms with Crippen LogP contribution in [0, 0.1) is 0 Å². The Morgan fingerprint density at radius 3 is 2.48 bits per heavy atom. The number of nitrogens with one attached hydrogen (secondary N) is 1. The van der Waals surface area contributed by atoms with Gasteiger partial charge in [0, 0.05) is 37.2 Å². The van der Waals surface area contributed by atoms with Crippen molar-refractivity contribution in [2.24, 2.45) is 0 Å². The van der Waals surface area contributed by atoms with Gasteiger partial charge in [-0.15, -0.1) is 0 Å². The van der Waals surface area contributed by atoms with Crippen molar-refractivity contribution in [3.8, 4) is 0 Å². The van der Waals surface area contributed by atoms with E-state index in [2.05, 4.69) is 22.3 Å². The highest BCUT2D eigenvalue weighted by Gasteiger charge is 2.42. The van der Waals surface area contributed by atoms with Gasteiger partial charge in [0.2, 0.25) is 0 Å². The minimum Gasteiger partial charge on any atom is -0.379 e. The second kappa shape index (κ2) is 7.38. The lowest BCUT2D eigenvalue weighted by Gasteiger charge is -2.27. The van der Waals surface area contributed by atoms with Gasteiger partial charge in [-0.3, -0.25) is 9.69 Å². The van der Waals surface area contributed by atoms with Crippen molar-refractivity contribution in [3.05, 3.63) is 71.3 Å². The third kappa shape index (κ3) is 3.91. The lowest BCUT2D eigenvalue weighted by atomic mass is 10.1. The molecule has 1 aliphatic carbocycles. The zero-order valence-electron chi connectivity index (χ0n) is 14.4. The molecule has 4 nitrogen and oxygen atoms in total. The van der Waals surface area contributed by atoms with Crippen LogP contribution in [0.2, 0.25) is 0 Å². The highest BCUT2D eigenvalue weighted by molar-refractivity contribution is 5.94. The Labute approximate surface area is 148 Å². The fourth-order valence-corrected chi connectivity index (χ4v) is 3.61. The molecule has 0 bridgehead atoms. The third-order valence-electron chi connectivity index (χ3n) is 5.17. The fourth-order valence-electron chi connectivity index (χ4n) is 3.61. The van der Waals surface area contributed by atoms with Crippen LogP contribution in [0.3, 0.4) is 0 Å². The number of rotatable bonds is 5. The molecule has 2 aliphatic rings. The summed E-state index contributed by atoms with van der Waals surface area (Å²) in [6.45, 7) is 4.35. The summed E-state index contributed by atoms with van der Waals surface area (Å²) in [4.78, 5) is 14.8. The summed E-state index contributed by atoms with van der Waals surface area (Å²) in [6, 6.07) is 18.8. The smallest absolute Gasteiger partial charge is 0.251 e. The van der Waals surface area contributed by atoms with Crippen LogP contribution in [0.4, 0.5) is 0 Å². The SMILES string of the molecule is O=C(NCc1ccccc1)c1ccc(C2CC2N2CCOCC2)cc1. The molecule has 4 rings (SSSR count). The molecule has 1 saturated carbocycles. The highest BCUT2D eigenvalue weighted by atomic mass is 16.5. The Bertz CT molecular complexity index is 708. The number of ether oxygens (including phenoxy) is 1. The number of amides is 1. The maximum atomic E-state index is 12.3. The molecule has 1 heterocycles. The molecule has 1 N–H and O–H groups in total. The van der Waals surface area contributed by atoms with Gasteiger partial charge >= 0.3 is 0 Å². The van der Waals surface area contributed by atoms with Gasteiger partial charge in [0.25, 0.3) is 5.91 Å². The van der Waals surface area contributed by atoms with E-state index in [1.54, 1.807) is 0 Å². The zero-order chi connectivity index (χ0) is 17.1. The van der Waals surface area contributed by atoms with Crippen molar-refractivity contribution in [3.63, 3.8) is 0 Å². The van der Waals surface area contributed by atoms with E-state index in [4.69, 9.17) is 4.74 Å². The molecule has 1 amide bonds. The van der Waals surface area contributed by atoms with Crippen LogP contribution >= 0.6 is 0 Å². The number of nitrogens with zero attached hydrogens (tertiary/aromatic N) is 1. The Hall–Kier alpha value is -2.17. The standard InChI is InChI=1S/C21H24N2O2/c24-21(22-15-16-4-2-1-3-5-16)18-8-6-17(7-9-18)19-14-20(19)23-10-12-25-13-11-23/h1-9,19-20H,10-15H2,(H,22,24). The van der Waals surface area contributed by atoms with Gasteiger partial charge in [-0.25, -0.2) is 0 Å². The zero-order valence-corrected chi connectivity index (χ0v) is 14.4. The summed E-state index contributed by atoms with van der Waals surface area (Å²) >= 11 is 0. The monoisotopic (exact) mass is 336 g/mol. The molecule has 2 fully saturated rings. The van der Waals surface area contributed by atoms with Crippen LogP contribution in [0.5, 0.6) is 0 Å². The number of carbonyl (C=O) groups excluding carboxylic acids is 1. The van der Waals surface area contributed by atoms with Crippen molar-refractivity contribution >= 4 is 5.91 Å². The average molecular weight is 336 g/mol. The van der Waals surface area contributed by atoms with E-state index in [9.17, 15) is 4.79 Å². The molecular weight excluding hydrogens is 312 g/mol. The molecular formula is C21H24N2O2. The number of morpholine rings is 1. The summed E-state index contributed by atoms with van der Waals surface area (Å²) in [5, 5.41) is 2.98. The Kier molecular flexibility index (Phi) is 4.81. The van der Waals surface area contributed by atoms with E-state index >= 15 is 0 Å². The van der Waals surface area contributed by atoms with Crippen LogP contribution < -0.4 is 5.32 Å². The first-order valence-corrected chi connectivity index (χ1v) is 9.05. The van der Waals surface area contributed by atoms with Gasteiger partial charge in [-0.05, 0) is 29.7 Å². The second-order valence-electron chi connectivity index (χ2n) is 6.85. The molecule has 0 spiro atoms. The normalized spacial score (nSPS) is 23.2. The molecule has 2 atom stereocenters. The van der Waals surface area contributed by atoms with Crippen molar-refractivity contribution < 1.29 is 9.53 Å². The number of hydrogen-bond acceptors (Lipinski definition) is 3. The van der Waals surface area contributed by atoms with Gasteiger partial charge in [0.15, 0.2) is 0 Å². The summed E-state index contributed by atoms with van der Waals surface area (Å²) in [5.74, 6) is 0.593. The van der Waals surface area contributed by atoms with Gasteiger partial charge < -0.3 is 10.1 Å². The molecule has 2 unspecified atom stereocenters. The maximum Gasteiger partial charge on any atom is 0.251 e. The minimum atomic E-state index is -0.0177. The summed E-state index contributed by atoms with van der Waals surface area (Å²) < 4.78 is 5.43. The lowest BCUT2D eigenvalue weighted by molar-refractivity contribution is 0.0331. The molecule has 1 aliphatic heterocycles. The lowest BCUT2D eigenvalue weighted by Crippen LogP contribution is -2.38. The largest absolute Gasteiger partial charge is 0.379 e. The van der Waals surface area contributed by atoms with E-state index in [0.717, 1.165) is 37.4 Å². The first-order valence-electron chi connectivity index (χ1n) is 9.05. The molecule has 0 aromatic heterocycles. The predicted octanol–water partition coefficient (Wildman–Crippen LogP) is 2.80. The van der Waals surface area contributed by atoms with Crippen molar-refractivity contribution in [2.45, 2.75) is 24.9 Å². The van der Waals surface area contributed by atoms with Crippen LogP contribution in [0.25, 0.3) is 0 Å². The second-order valence-corrected chi connectivity index (χ2v) is 6.85. The third-order valence-corrected chi connectivity index (χ3v) is 5.17. The van der Waals surface area contributed by atoms with Crippen LogP contribution in [0.15, 0.2) is 54.6 Å². The molecule has 2 aromatic rings. The molecule has 0 radical (unpaired) electrons. The van der Waals surface area contributed by atoms with Crippen molar-refractivity contribution in [2.75, 3.05) is 26.3 Å². The summed E-state index contributed by atoms with van der Waals surface area (Å²) in [7, 11) is 0. The quantitative estimate of drug-likeness (QED) is 0.913. The van der Waals surface area contributed by atoms with E-state index in [1.807, 2.05) is 42.5 Å². The first kappa shape index (κ1) is 16.3. The summed E-state index contributed by atoms with van der Waals surface area (Å²) in [5.41, 5.74) is 3.18.